The van der Waals surface area contributed by atoms with E-state index in [0.717, 1.165) is 45.8 Å². The minimum absolute atomic E-state index is 0.108. The van der Waals surface area contributed by atoms with Crippen LogP contribution in [-0.4, -0.2) is 30.9 Å². The van der Waals surface area contributed by atoms with E-state index in [2.05, 4.69) is 20.6 Å². The molecule has 0 aliphatic rings. The highest BCUT2D eigenvalue weighted by Gasteiger charge is 2.33. The number of amides is 2. The zero-order chi connectivity index (χ0) is 42.3. The molecule has 0 bridgehead atoms. The molecule has 0 spiro atoms. The molecule has 0 unspecified atom stereocenters. The summed E-state index contributed by atoms with van der Waals surface area (Å²) in [4.78, 5) is 33.2. The molecule has 0 atom stereocenters. The van der Waals surface area contributed by atoms with Crippen LogP contribution in [-0.2, 0) is 48.1 Å². The largest absolute Gasteiger partial charge is 0.417 e. The number of nitrogens with zero attached hydrogens (tertiary/aromatic N) is 4. The fourth-order valence-corrected chi connectivity index (χ4v) is 6.66. The summed E-state index contributed by atoms with van der Waals surface area (Å²) in [5.74, 6) is -0.387. The highest BCUT2D eigenvalue weighted by Crippen LogP contribution is 2.37. The van der Waals surface area contributed by atoms with Crippen molar-refractivity contribution >= 4 is 33.9 Å². The molecule has 8 nitrogen and oxygen atoms in total. The van der Waals surface area contributed by atoms with Gasteiger partial charge in [0.1, 0.15) is 13.1 Å². The molecule has 304 valence electrons. The fourth-order valence-electron chi connectivity index (χ4n) is 6.66. The smallest absolute Gasteiger partial charge is 0.350 e. The van der Waals surface area contributed by atoms with Crippen LogP contribution in [0.15, 0.2) is 158 Å². The first-order valence-corrected chi connectivity index (χ1v) is 18.7. The molecule has 6 aromatic carbocycles. The summed E-state index contributed by atoms with van der Waals surface area (Å²) in [5.41, 5.74) is 5.21. The molecule has 2 amide bonds. The minimum Gasteiger partial charge on any atom is -0.350 e. The topological polar surface area (TPSA) is 93.8 Å². The van der Waals surface area contributed by atoms with Gasteiger partial charge in [-0.15, -0.1) is 0 Å². The van der Waals surface area contributed by atoms with Gasteiger partial charge in [-0.2, -0.15) is 26.3 Å². The first-order valence-electron chi connectivity index (χ1n) is 18.7. The average molecular weight is 819 g/mol. The maximum absolute atomic E-state index is 13.3. The Kier molecular flexibility index (Phi) is 12.1. The number of benzene rings is 6. The molecule has 8 rings (SSSR count). The molecule has 8 aromatic rings. The van der Waals surface area contributed by atoms with Gasteiger partial charge in [0.05, 0.1) is 45.8 Å². The van der Waals surface area contributed by atoms with Gasteiger partial charge in [-0.25, -0.2) is 9.97 Å². The third-order valence-corrected chi connectivity index (χ3v) is 9.58. The molecule has 0 aliphatic carbocycles. The van der Waals surface area contributed by atoms with Crippen molar-refractivity contribution in [3.05, 3.63) is 181 Å². The molecule has 60 heavy (non-hydrogen) atoms. The van der Waals surface area contributed by atoms with E-state index in [9.17, 15) is 35.9 Å². The predicted molar refractivity (Wildman–Crippen MR) is 217 cm³/mol. The van der Waals surface area contributed by atoms with Crippen LogP contribution in [0.1, 0.15) is 22.3 Å². The Labute approximate surface area is 340 Å². The van der Waals surface area contributed by atoms with Crippen molar-refractivity contribution in [1.82, 2.24) is 29.7 Å². The van der Waals surface area contributed by atoms with Crippen molar-refractivity contribution in [2.75, 3.05) is 0 Å². The summed E-state index contributed by atoms with van der Waals surface area (Å²) < 4.78 is 82.4. The Morgan fingerprint density at radius 2 is 0.967 bits per heavy atom. The third kappa shape index (κ3) is 10.1. The molecule has 2 heterocycles. The number of para-hydroxylation sites is 4. The van der Waals surface area contributed by atoms with Gasteiger partial charge in [-0.1, -0.05) is 91.0 Å². The Bertz CT molecular complexity index is 2770. The molecule has 0 aliphatic heterocycles. The molecule has 0 fully saturated rings. The second-order valence-electron chi connectivity index (χ2n) is 13.8. The SMILES string of the molecule is O=C(Cn1cnc2ccccc21)NCc1cccc(-c2cccc(C(F)(F)F)c2)c1.O=C(Cn1cnc2ccccc21)NCc1cccc(-c2ccccc2C(F)(F)F)c1. The van der Waals surface area contributed by atoms with Crippen molar-refractivity contribution < 1.29 is 35.9 Å². The lowest BCUT2D eigenvalue weighted by Crippen LogP contribution is -2.26. The third-order valence-electron chi connectivity index (χ3n) is 9.58. The van der Waals surface area contributed by atoms with Gasteiger partial charge in [-0.05, 0) is 88.0 Å². The van der Waals surface area contributed by atoms with Gasteiger partial charge in [0.25, 0.3) is 0 Å². The normalized spacial score (nSPS) is 11.6. The van der Waals surface area contributed by atoms with Crippen molar-refractivity contribution in [2.24, 2.45) is 0 Å². The predicted octanol–water partition coefficient (Wildman–Crippen LogP) is 10.1. The highest BCUT2D eigenvalue weighted by atomic mass is 19.4. The molecule has 2 aromatic heterocycles. The summed E-state index contributed by atoms with van der Waals surface area (Å²) in [5, 5.41) is 5.66. The van der Waals surface area contributed by atoms with Gasteiger partial charge in [0.15, 0.2) is 0 Å². The van der Waals surface area contributed by atoms with Gasteiger partial charge >= 0.3 is 12.4 Å². The molecular formula is C46H36F6N6O2. The van der Waals surface area contributed by atoms with Crippen molar-refractivity contribution in [3.63, 3.8) is 0 Å². The van der Waals surface area contributed by atoms with Crippen LogP contribution in [0, 0.1) is 0 Å². The second kappa shape index (κ2) is 17.7. The number of hydrogen-bond donors (Lipinski definition) is 2. The molecular weight excluding hydrogens is 783 g/mol. The van der Waals surface area contributed by atoms with Crippen molar-refractivity contribution in [3.8, 4) is 22.3 Å². The fraction of sp³-hybridized carbons (Fsp3) is 0.130. The molecule has 0 radical (unpaired) electrons. The van der Waals surface area contributed by atoms with E-state index in [0.29, 0.717) is 22.3 Å². The average Bonchev–Trinajstić information content (AvgIpc) is 3.86. The lowest BCUT2D eigenvalue weighted by atomic mass is 9.98. The first kappa shape index (κ1) is 41.0. The highest BCUT2D eigenvalue weighted by molar-refractivity contribution is 5.81. The van der Waals surface area contributed by atoms with E-state index in [4.69, 9.17) is 0 Å². The number of fused-ring (bicyclic) bond motifs is 2. The molecule has 0 saturated heterocycles. The number of nitrogens with one attached hydrogen (secondary N) is 2. The maximum atomic E-state index is 13.3. The van der Waals surface area contributed by atoms with Crippen molar-refractivity contribution in [1.29, 1.82) is 0 Å². The van der Waals surface area contributed by atoms with Gasteiger partial charge in [-0.3, -0.25) is 9.59 Å². The number of carbonyl (C=O) groups excluding carboxylic acids is 2. The standard InChI is InChI=1S/2C23H18F3N3O/c24-23(25,26)19-8-4-7-18(12-19)17-6-3-5-16(11-17)13-27-22(30)14-29-15-28-20-9-1-2-10-21(20)29;24-23(25,26)19-9-2-1-8-18(19)17-7-5-6-16(12-17)13-27-22(30)14-29-15-28-20-10-3-4-11-21(20)29/h2*1-12,15H,13-14H2,(H,27,30). The van der Waals surface area contributed by atoms with E-state index in [1.807, 2.05) is 54.6 Å². The van der Waals surface area contributed by atoms with Crippen LogP contribution in [0.25, 0.3) is 44.3 Å². The van der Waals surface area contributed by atoms with E-state index < -0.39 is 23.5 Å². The Hall–Kier alpha value is -7.22. The van der Waals surface area contributed by atoms with E-state index in [1.165, 1.54) is 18.2 Å². The summed E-state index contributed by atoms with van der Waals surface area (Å²) in [6.45, 7) is 0.733. The molecule has 14 heteroatoms. The van der Waals surface area contributed by atoms with Crippen LogP contribution in [0.2, 0.25) is 0 Å². The van der Waals surface area contributed by atoms with E-state index in [1.54, 1.807) is 76.4 Å². The van der Waals surface area contributed by atoms with Crippen LogP contribution in [0.5, 0.6) is 0 Å². The number of carbonyl (C=O) groups is 2. The van der Waals surface area contributed by atoms with Crippen LogP contribution >= 0.6 is 0 Å². The minimum atomic E-state index is -4.44. The summed E-state index contributed by atoms with van der Waals surface area (Å²) in [6, 6.07) is 39.6. The van der Waals surface area contributed by atoms with E-state index in [-0.39, 0.29) is 43.6 Å². The van der Waals surface area contributed by atoms with Gasteiger partial charge < -0.3 is 19.8 Å². The van der Waals surface area contributed by atoms with Crippen molar-refractivity contribution in [2.45, 2.75) is 38.5 Å². The summed E-state index contributed by atoms with van der Waals surface area (Å²) in [6.07, 6.45) is -5.59. The Morgan fingerprint density at radius 3 is 1.52 bits per heavy atom. The number of hydrogen-bond acceptors (Lipinski definition) is 4. The number of alkyl halides is 6. The second-order valence-corrected chi connectivity index (χ2v) is 13.8. The van der Waals surface area contributed by atoms with Gasteiger partial charge in [0, 0.05) is 13.1 Å². The van der Waals surface area contributed by atoms with Crippen LogP contribution in [0.3, 0.4) is 0 Å². The van der Waals surface area contributed by atoms with Gasteiger partial charge in [0.2, 0.25) is 11.8 Å². The number of rotatable bonds is 10. The maximum Gasteiger partial charge on any atom is 0.417 e. The van der Waals surface area contributed by atoms with Crippen LogP contribution in [0.4, 0.5) is 26.3 Å². The number of aromatic nitrogens is 4. The number of imidazole rings is 2. The lowest BCUT2D eigenvalue weighted by molar-refractivity contribution is -0.138. The lowest BCUT2D eigenvalue weighted by Gasteiger charge is -2.14. The zero-order valence-corrected chi connectivity index (χ0v) is 31.7. The summed E-state index contributed by atoms with van der Waals surface area (Å²) in [7, 11) is 0. The number of halogens is 6. The summed E-state index contributed by atoms with van der Waals surface area (Å²) >= 11 is 0. The Balaban J connectivity index is 0.000000181. The van der Waals surface area contributed by atoms with Crippen LogP contribution < -0.4 is 10.6 Å². The molecule has 0 saturated carbocycles. The zero-order valence-electron chi connectivity index (χ0n) is 31.7. The monoisotopic (exact) mass is 818 g/mol. The molecule has 2 N–H and O–H groups in total. The Morgan fingerprint density at radius 1 is 0.500 bits per heavy atom. The first-order chi connectivity index (χ1) is 28.8. The van der Waals surface area contributed by atoms with E-state index >= 15 is 0 Å². The quantitative estimate of drug-likeness (QED) is 0.134.